The molecule has 0 saturated heterocycles. The molecule has 0 fully saturated rings. The second kappa shape index (κ2) is 9.59. The van der Waals surface area contributed by atoms with Crippen molar-refractivity contribution in [3.05, 3.63) is 64.4 Å². The molecule has 3 rings (SSSR count). The van der Waals surface area contributed by atoms with E-state index in [1.807, 2.05) is 57.2 Å². The van der Waals surface area contributed by atoms with Gasteiger partial charge in [-0.3, -0.25) is 14.2 Å². The van der Waals surface area contributed by atoms with Gasteiger partial charge in [-0.1, -0.05) is 41.6 Å². The lowest BCUT2D eigenvalue weighted by Crippen LogP contribution is -2.33. The van der Waals surface area contributed by atoms with Crippen LogP contribution in [0.2, 0.25) is 0 Å². The number of aromatic nitrogens is 2. The van der Waals surface area contributed by atoms with Crippen LogP contribution in [0.15, 0.2) is 58.5 Å². The summed E-state index contributed by atoms with van der Waals surface area (Å²) in [4.78, 5) is 32.2. The molecule has 0 bridgehead atoms. The third-order valence-corrected chi connectivity index (χ3v) is 5.65. The molecule has 0 radical (unpaired) electrons. The van der Waals surface area contributed by atoms with Gasteiger partial charge in [0.25, 0.3) is 5.56 Å². The van der Waals surface area contributed by atoms with Gasteiger partial charge in [0.05, 0.1) is 29.1 Å². The van der Waals surface area contributed by atoms with Gasteiger partial charge in [0.1, 0.15) is 0 Å². The minimum absolute atomic E-state index is 0.0843. The van der Waals surface area contributed by atoms with Crippen LogP contribution in [0.5, 0.6) is 0 Å². The molecule has 1 heterocycles. The fraction of sp³-hybridized carbons (Fsp3) is 0.304. The Kier molecular flexibility index (Phi) is 6.91. The van der Waals surface area contributed by atoms with Crippen LogP contribution in [-0.4, -0.2) is 27.8 Å². The highest BCUT2D eigenvalue weighted by atomic mass is 32.2. The average Bonchev–Trinajstić information content (AvgIpc) is 2.73. The van der Waals surface area contributed by atoms with E-state index in [4.69, 9.17) is 5.26 Å². The van der Waals surface area contributed by atoms with Crippen molar-refractivity contribution in [2.45, 2.75) is 38.4 Å². The van der Waals surface area contributed by atoms with Crippen molar-refractivity contribution in [1.29, 1.82) is 5.26 Å². The summed E-state index contributed by atoms with van der Waals surface area (Å²) < 4.78 is 1.63. The van der Waals surface area contributed by atoms with E-state index < -0.39 is 0 Å². The molecular formula is C23H24N4O2S. The average molecular weight is 421 g/mol. The first-order valence-corrected chi connectivity index (χ1v) is 10.8. The van der Waals surface area contributed by atoms with Crippen LogP contribution in [0.1, 0.15) is 31.9 Å². The summed E-state index contributed by atoms with van der Waals surface area (Å²) in [5.74, 6) is -0.00612. The Balaban J connectivity index is 1.88. The number of thioether (sulfide) groups is 1. The van der Waals surface area contributed by atoms with Crippen LogP contribution in [0, 0.1) is 18.3 Å². The number of nitrogens with zero attached hydrogens (tertiary/aromatic N) is 4. The van der Waals surface area contributed by atoms with Crippen LogP contribution >= 0.6 is 11.8 Å². The van der Waals surface area contributed by atoms with Crippen molar-refractivity contribution in [3.8, 4) is 6.07 Å². The van der Waals surface area contributed by atoms with Gasteiger partial charge in [-0.2, -0.15) is 5.26 Å². The van der Waals surface area contributed by atoms with Crippen LogP contribution < -0.4 is 10.5 Å². The normalized spacial score (nSPS) is 10.9. The van der Waals surface area contributed by atoms with Crippen molar-refractivity contribution in [1.82, 2.24) is 9.55 Å². The molecule has 0 N–H and O–H groups in total. The van der Waals surface area contributed by atoms with E-state index in [9.17, 15) is 9.59 Å². The number of amides is 1. The molecule has 7 heteroatoms. The number of para-hydroxylation sites is 1. The van der Waals surface area contributed by atoms with E-state index >= 15 is 0 Å². The van der Waals surface area contributed by atoms with E-state index in [1.165, 1.54) is 11.8 Å². The molecule has 2 aromatic carbocycles. The number of carbonyl (C=O) groups excluding carboxylic acids is 1. The summed E-state index contributed by atoms with van der Waals surface area (Å²) >= 11 is 1.25. The first-order valence-electron chi connectivity index (χ1n) is 9.80. The fourth-order valence-electron chi connectivity index (χ4n) is 3.17. The third kappa shape index (κ3) is 4.71. The molecule has 0 aliphatic rings. The van der Waals surface area contributed by atoms with E-state index in [2.05, 4.69) is 11.1 Å². The number of aryl methyl sites for hydroxylation is 1. The van der Waals surface area contributed by atoms with Gasteiger partial charge in [0.15, 0.2) is 5.16 Å². The van der Waals surface area contributed by atoms with E-state index in [0.29, 0.717) is 22.6 Å². The molecule has 6 nitrogen and oxygen atoms in total. The van der Waals surface area contributed by atoms with Gasteiger partial charge >= 0.3 is 0 Å². The summed E-state index contributed by atoms with van der Waals surface area (Å²) in [5, 5.41) is 10.1. The summed E-state index contributed by atoms with van der Waals surface area (Å²) in [7, 11) is 0. The summed E-state index contributed by atoms with van der Waals surface area (Å²) in [6.07, 6.45) is 0.245. The van der Waals surface area contributed by atoms with Gasteiger partial charge in [-0.25, -0.2) is 4.98 Å². The number of hydrogen-bond acceptors (Lipinski definition) is 5. The molecule has 1 aromatic heterocycles. The Hall–Kier alpha value is -3.11. The molecule has 0 atom stereocenters. The number of anilines is 1. The molecule has 0 aliphatic carbocycles. The molecule has 1 amide bonds. The van der Waals surface area contributed by atoms with Crippen LogP contribution in [-0.2, 0) is 4.79 Å². The molecule has 154 valence electrons. The lowest BCUT2D eigenvalue weighted by molar-refractivity contribution is -0.116. The van der Waals surface area contributed by atoms with Crippen LogP contribution in [0.4, 0.5) is 5.69 Å². The predicted octanol–water partition coefficient (Wildman–Crippen LogP) is 4.32. The number of fused-ring (bicyclic) bond motifs is 1. The summed E-state index contributed by atoms with van der Waals surface area (Å²) in [6, 6.07) is 16.9. The maximum Gasteiger partial charge on any atom is 0.262 e. The largest absolute Gasteiger partial charge is 0.311 e. The van der Waals surface area contributed by atoms with Gasteiger partial charge in [0.2, 0.25) is 5.91 Å². The highest BCUT2D eigenvalue weighted by molar-refractivity contribution is 7.99. The quantitative estimate of drug-likeness (QED) is 0.420. The van der Waals surface area contributed by atoms with Crippen molar-refractivity contribution in [2.24, 2.45) is 0 Å². The van der Waals surface area contributed by atoms with Gasteiger partial charge < -0.3 is 4.90 Å². The van der Waals surface area contributed by atoms with Crippen LogP contribution in [0.25, 0.3) is 10.9 Å². The Bertz CT molecular complexity index is 1150. The highest BCUT2D eigenvalue weighted by Crippen LogP contribution is 2.23. The standard InChI is InChI=1S/C23H24N4O2S/c1-16(2)27-22(29)19-7-4-5-8-20(19)25-23(27)30-15-21(28)26(14-6-13-24)18-11-9-17(3)10-12-18/h4-5,7-12,16H,6,14-15H2,1-3H3. The Labute approximate surface area is 180 Å². The molecule has 0 saturated carbocycles. The van der Waals surface area contributed by atoms with E-state index in [1.54, 1.807) is 21.6 Å². The third-order valence-electron chi connectivity index (χ3n) is 4.71. The van der Waals surface area contributed by atoms with Gasteiger partial charge in [-0.05, 0) is 45.0 Å². The fourth-order valence-corrected chi connectivity index (χ4v) is 4.18. The van der Waals surface area contributed by atoms with Gasteiger partial charge in [-0.15, -0.1) is 0 Å². The molecular weight excluding hydrogens is 396 g/mol. The van der Waals surface area contributed by atoms with Crippen molar-refractivity contribution < 1.29 is 4.79 Å². The minimum atomic E-state index is -0.128. The summed E-state index contributed by atoms with van der Waals surface area (Å²) in [6.45, 7) is 6.16. The highest BCUT2D eigenvalue weighted by Gasteiger charge is 2.19. The lowest BCUT2D eigenvalue weighted by Gasteiger charge is -2.22. The maximum absolute atomic E-state index is 13.0. The first kappa shape index (κ1) is 21.6. The zero-order chi connectivity index (χ0) is 21.7. The molecule has 0 unspecified atom stereocenters. The molecule has 0 spiro atoms. The van der Waals surface area contributed by atoms with Gasteiger partial charge in [0, 0.05) is 18.3 Å². The molecule has 3 aromatic rings. The van der Waals surface area contributed by atoms with Crippen molar-refractivity contribution >= 4 is 34.3 Å². The van der Waals surface area contributed by atoms with Crippen LogP contribution in [0.3, 0.4) is 0 Å². The lowest BCUT2D eigenvalue weighted by atomic mass is 10.2. The first-order chi connectivity index (χ1) is 14.4. The minimum Gasteiger partial charge on any atom is -0.311 e. The zero-order valence-corrected chi connectivity index (χ0v) is 18.1. The summed E-state index contributed by atoms with van der Waals surface area (Å²) in [5.41, 5.74) is 2.37. The SMILES string of the molecule is Cc1ccc(N(CCC#N)C(=O)CSc2nc3ccccc3c(=O)n2C(C)C)cc1. The van der Waals surface area contributed by atoms with E-state index in [0.717, 1.165) is 11.3 Å². The van der Waals surface area contributed by atoms with E-state index in [-0.39, 0.29) is 29.7 Å². The smallest absolute Gasteiger partial charge is 0.262 e. The molecule has 30 heavy (non-hydrogen) atoms. The Morgan fingerprint density at radius 1 is 1.20 bits per heavy atom. The maximum atomic E-state index is 13.0. The Morgan fingerprint density at radius 2 is 1.90 bits per heavy atom. The second-order valence-corrected chi connectivity index (χ2v) is 8.20. The number of benzene rings is 2. The predicted molar refractivity (Wildman–Crippen MR) is 121 cm³/mol. The topological polar surface area (TPSA) is 79.0 Å². The van der Waals surface area contributed by atoms with Crippen molar-refractivity contribution in [3.63, 3.8) is 0 Å². The zero-order valence-electron chi connectivity index (χ0n) is 17.3. The van der Waals surface area contributed by atoms with Crippen molar-refractivity contribution in [2.75, 3.05) is 17.2 Å². The Morgan fingerprint density at radius 3 is 2.57 bits per heavy atom. The number of carbonyl (C=O) groups is 1. The number of nitriles is 1. The number of hydrogen-bond donors (Lipinski definition) is 0. The number of rotatable bonds is 7. The second-order valence-electron chi connectivity index (χ2n) is 7.26. The molecule has 0 aliphatic heterocycles. The monoisotopic (exact) mass is 420 g/mol.